The number of aromatic nitrogens is 1. The highest BCUT2D eigenvalue weighted by atomic mass is 35.5. The van der Waals surface area contributed by atoms with Gasteiger partial charge in [-0.1, -0.05) is 11.6 Å². The van der Waals surface area contributed by atoms with Crippen molar-refractivity contribution in [3.8, 4) is 5.69 Å². The van der Waals surface area contributed by atoms with E-state index >= 15 is 0 Å². The fraction of sp³-hybridized carbons (Fsp3) is 0.500. The van der Waals surface area contributed by atoms with Gasteiger partial charge in [0.2, 0.25) is 0 Å². The van der Waals surface area contributed by atoms with Gasteiger partial charge in [0.25, 0.3) is 0 Å². The minimum absolute atomic E-state index is 0.180. The van der Waals surface area contributed by atoms with E-state index in [9.17, 15) is 4.79 Å². The maximum absolute atomic E-state index is 13.0. The number of methoxy groups -OCH3 is 1. The van der Waals surface area contributed by atoms with Gasteiger partial charge in [-0.05, 0) is 76.9 Å². The van der Waals surface area contributed by atoms with E-state index in [0.717, 1.165) is 48.3 Å². The SMILES string of the molecule is COC1CCC(N(C)CC(=O)c2cc(C)n(-c3ccc(Cl)cc3)c2C)CC1. The number of hydrogen-bond donors (Lipinski definition) is 0. The Morgan fingerprint density at radius 1 is 1.19 bits per heavy atom. The van der Waals surface area contributed by atoms with Gasteiger partial charge in [-0.3, -0.25) is 9.69 Å². The number of Topliss-reactive ketones (excluding diaryl/α,β-unsaturated/α-hetero) is 1. The number of aryl methyl sites for hydroxylation is 1. The fourth-order valence-corrected chi connectivity index (χ4v) is 4.32. The lowest BCUT2D eigenvalue weighted by atomic mass is 9.92. The van der Waals surface area contributed by atoms with Crippen LogP contribution in [0.25, 0.3) is 5.69 Å². The molecule has 2 aromatic rings. The lowest BCUT2D eigenvalue weighted by Gasteiger charge is -2.33. The zero-order valence-corrected chi connectivity index (χ0v) is 17.4. The molecule has 1 aliphatic carbocycles. The van der Waals surface area contributed by atoms with Crippen molar-refractivity contribution in [3.63, 3.8) is 0 Å². The van der Waals surface area contributed by atoms with Crippen LogP contribution in [-0.4, -0.2) is 48.1 Å². The summed E-state index contributed by atoms with van der Waals surface area (Å²) in [4.78, 5) is 15.2. The van der Waals surface area contributed by atoms with E-state index in [1.54, 1.807) is 7.11 Å². The van der Waals surface area contributed by atoms with E-state index in [-0.39, 0.29) is 5.78 Å². The third-order valence-corrected chi connectivity index (χ3v) is 6.06. The highest BCUT2D eigenvalue weighted by Crippen LogP contribution is 2.26. The van der Waals surface area contributed by atoms with Gasteiger partial charge in [0.05, 0.1) is 12.6 Å². The van der Waals surface area contributed by atoms with E-state index in [4.69, 9.17) is 16.3 Å². The molecule has 1 aromatic carbocycles. The maximum atomic E-state index is 13.0. The molecule has 1 aromatic heterocycles. The Hall–Kier alpha value is -1.62. The summed E-state index contributed by atoms with van der Waals surface area (Å²) in [5.74, 6) is 0.180. The summed E-state index contributed by atoms with van der Waals surface area (Å²) in [6.07, 6.45) is 4.71. The van der Waals surface area contributed by atoms with Gasteiger partial charge in [-0.2, -0.15) is 0 Å². The highest BCUT2D eigenvalue weighted by molar-refractivity contribution is 6.30. The van der Waals surface area contributed by atoms with Crippen LogP contribution in [0.5, 0.6) is 0 Å². The largest absolute Gasteiger partial charge is 0.381 e. The second-order valence-corrected chi connectivity index (χ2v) is 8.04. The first-order chi connectivity index (χ1) is 12.9. The van der Waals surface area contributed by atoms with Crippen LogP contribution < -0.4 is 0 Å². The number of carbonyl (C=O) groups is 1. The molecule has 1 saturated carbocycles. The average Bonchev–Trinajstić information content (AvgIpc) is 2.97. The Morgan fingerprint density at radius 3 is 2.41 bits per heavy atom. The van der Waals surface area contributed by atoms with Crippen LogP contribution in [0.15, 0.2) is 30.3 Å². The van der Waals surface area contributed by atoms with Crippen LogP contribution in [0.4, 0.5) is 0 Å². The van der Waals surface area contributed by atoms with Crippen LogP contribution >= 0.6 is 11.6 Å². The quantitative estimate of drug-likeness (QED) is 0.665. The fourth-order valence-electron chi connectivity index (χ4n) is 4.20. The third-order valence-electron chi connectivity index (χ3n) is 5.81. The molecule has 0 bridgehead atoms. The van der Waals surface area contributed by atoms with E-state index in [2.05, 4.69) is 16.5 Å². The summed E-state index contributed by atoms with van der Waals surface area (Å²) in [6.45, 7) is 4.50. The van der Waals surface area contributed by atoms with Gasteiger partial charge >= 0.3 is 0 Å². The smallest absolute Gasteiger partial charge is 0.178 e. The number of carbonyl (C=O) groups excluding carboxylic acids is 1. The number of hydrogen-bond acceptors (Lipinski definition) is 3. The number of ether oxygens (including phenoxy) is 1. The van der Waals surface area contributed by atoms with Crippen molar-refractivity contribution in [1.82, 2.24) is 9.47 Å². The molecule has 0 spiro atoms. The predicted octanol–water partition coefficient (Wildman–Crippen LogP) is 4.82. The molecule has 27 heavy (non-hydrogen) atoms. The van der Waals surface area contributed by atoms with E-state index in [1.165, 1.54) is 0 Å². The van der Waals surface area contributed by atoms with Gasteiger partial charge in [0.15, 0.2) is 5.78 Å². The lowest BCUT2D eigenvalue weighted by Crippen LogP contribution is -2.39. The Balaban J connectivity index is 1.72. The van der Waals surface area contributed by atoms with E-state index in [0.29, 0.717) is 23.7 Å². The lowest BCUT2D eigenvalue weighted by molar-refractivity contribution is 0.0435. The van der Waals surface area contributed by atoms with Gasteiger partial charge in [-0.25, -0.2) is 0 Å². The molecule has 0 radical (unpaired) electrons. The molecule has 1 fully saturated rings. The summed E-state index contributed by atoms with van der Waals surface area (Å²) in [6, 6.07) is 10.2. The Kier molecular flexibility index (Phi) is 6.40. The predicted molar refractivity (Wildman–Crippen MR) is 110 cm³/mol. The number of nitrogens with zero attached hydrogens (tertiary/aromatic N) is 2. The number of likely N-dealkylation sites (N-methyl/N-ethyl adjacent to an activating group) is 1. The summed E-state index contributed by atoms with van der Waals surface area (Å²) in [5, 5.41) is 0.710. The molecule has 0 unspecified atom stereocenters. The normalized spacial score (nSPS) is 20.2. The second kappa shape index (κ2) is 8.59. The number of benzene rings is 1. The molecule has 1 aliphatic rings. The average molecular weight is 389 g/mol. The van der Waals surface area contributed by atoms with Crippen LogP contribution in [0.3, 0.4) is 0 Å². The first kappa shape index (κ1) is 20.1. The van der Waals surface area contributed by atoms with Crippen molar-refractivity contribution < 1.29 is 9.53 Å². The van der Waals surface area contributed by atoms with Crippen LogP contribution in [0.2, 0.25) is 5.02 Å². The van der Waals surface area contributed by atoms with Gasteiger partial charge < -0.3 is 9.30 Å². The Bertz CT molecular complexity index is 789. The minimum Gasteiger partial charge on any atom is -0.381 e. The molecule has 5 heteroatoms. The van der Waals surface area contributed by atoms with Crippen LogP contribution in [0.1, 0.15) is 47.4 Å². The van der Waals surface area contributed by atoms with Crippen molar-refractivity contribution >= 4 is 17.4 Å². The number of rotatable bonds is 6. The molecule has 0 N–H and O–H groups in total. The molecule has 3 rings (SSSR count). The third kappa shape index (κ3) is 4.45. The molecular weight excluding hydrogens is 360 g/mol. The maximum Gasteiger partial charge on any atom is 0.178 e. The first-order valence-corrected chi connectivity index (χ1v) is 9.99. The Morgan fingerprint density at radius 2 is 1.81 bits per heavy atom. The molecule has 0 saturated heterocycles. The Labute approximate surface area is 167 Å². The molecule has 1 heterocycles. The summed E-state index contributed by atoms with van der Waals surface area (Å²) >= 11 is 6.01. The van der Waals surface area contributed by atoms with E-state index < -0.39 is 0 Å². The monoisotopic (exact) mass is 388 g/mol. The molecule has 0 aliphatic heterocycles. The first-order valence-electron chi connectivity index (χ1n) is 9.61. The second-order valence-electron chi connectivity index (χ2n) is 7.60. The van der Waals surface area contributed by atoms with E-state index in [1.807, 2.05) is 44.2 Å². The van der Waals surface area contributed by atoms with Gasteiger partial charge in [-0.15, -0.1) is 0 Å². The molecule has 0 atom stereocenters. The standard InChI is InChI=1S/C22H29ClN2O2/c1-15-13-21(16(2)25(15)19-7-5-17(23)6-8-19)22(26)14-24(3)18-9-11-20(27-4)12-10-18/h5-8,13,18,20H,9-12,14H2,1-4H3. The summed E-state index contributed by atoms with van der Waals surface area (Å²) in [7, 11) is 3.85. The van der Waals surface area contributed by atoms with Gasteiger partial charge in [0.1, 0.15) is 0 Å². The summed E-state index contributed by atoms with van der Waals surface area (Å²) < 4.78 is 7.57. The van der Waals surface area contributed by atoms with Crippen LogP contribution in [-0.2, 0) is 4.74 Å². The number of ketones is 1. The van der Waals surface area contributed by atoms with Crippen molar-refractivity contribution in [3.05, 3.63) is 52.3 Å². The molecule has 4 nitrogen and oxygen atoms in total. The zero-order valence-electron chi connectivity index (χ0n) is 16.7. The summed E-state index contributed by atoms with van der Waals surface area (Å²) in [5.41, 5.74) is 3.87. The minimum atomic E-state index is 0.180. The van der Waals surface area contributed by atoms with Gasteiger partial charge in [0, 0.05) is 40.8 Å². The molecule has 146 valence electrons. The molecular formula is C22H29ClN2O2. The van der Waals surface area contributed by atoms with Crippen molar-refractivity contribution in [2.45, 2.75) is 51.7 Å². The molecule has 0 amide bonds. The number of halogens is 1. The van der Waals surface area contributed by atoms with Crippen molar-refractivity contribution in [1.29, 1.82) is 0 Å². The van der Waals surface area contributed by atoms with Crippen molar-refractivity contribution in [2.24, 2.45) is 0 Å². The zero-order chi connectivity index (χ0) is 19.6. The van der Waals surface area contributed by atoms with Crippen LogP contribution in [0, 0.1) is 13.8 Å². The highest BCUT2D eigenvalue weighted by Gasteiger charge is 2.26. The van der Waals surface area contributed by atoms with Crippen molar-refractivity contribution in [2.75, 3.05) is 20.7 Å². The topological polar surface area (TPSA) is 34.5 Å².